The van der Waals surface area contributed by atoms with Gasteiger partial charge in [-0.05, 0) is 54.3 Å². The van der Waals surface area contributed by atoms with Gasteiger partial charge in [-0.3, -0.25) is 9.59 Å². The fourth-order valence-electron chi connectivity index (χ4n) is 4.73. The van der Waals surface area contributed by atoms with Crippen LogP contribution >= 0.6 is 0 Å². The number of anilines is 2. The number of amides is 2. The largest absolute Gasteiger partial charge is 0.353 e. The Morgan fingerprint density at radius 2 is 1.73 bits per heavy atom. The molecule has 5 rings (SSSR count). The van der Waals surface area contributed by atoms with Crippen molar-refractivity contribution >= 4 is 33.3 Å². The number of aromatic nitrogens is 1. The number of carbonyl (C=O) groups is 2. The van der Waals surface area contributed by atoms with Crippen LogP contribution in [0.15, 0.2) is 77.8 Å². The molecule has 1 aromatic heterocycles. The van der Waals surface area contributed by atoms with E-state index in [4.69, 9.17) is 0 Å². The smallest absolute Gasteiger partial charge is 0.241 e. The van der Waals surface area contributed by atoms with E-state index in [1.54, 1.807) is 23.2 Å². The maximum atomic E-state index is 13.6. The summed E-state index contributed by atoms with van der Waals surface area (Å²) in [4.78, 5) is 33.6. The van der Waals surface area contributed by atoms with Crippen molar-refractivity contribution < 1.29 is 18.0 Å². The van der Waals surface area contributed by atoms with Gasteiger partial charge in [-0.25, -0.2) is 13.4 Å². The second-order valence-electron chi connectivity index (χ2n) is 9.23. The van der Waals surface area contributed by atoms with Gasteiger partial charge in [0, 0.05) is 44.5 Å². The molecule has 2 N–H and O–H groups in total. The summed E-state index contributed by atoms with van der Waals surface area (Å²) >= 11 is 0. The zero-order valence-corrected chi connectivity index (χ0v) is 21.2. The lowest BCUT2D eigenvalue weighted by Gasteiger charge is -2.37. The van der Waals surface area contributed by atoms with Gasteiger partial charge in [-0.2, -0.15) is 4.72 Å². The van der Waals surface area contributed by atoms with Crippen molar-refractivity contribution in [3.8, 4) is 0 Å². The second kappa shape index (κ2) is 10.7. The van der Waals surface area contributed by atoms with Crippen LogP contribution in [0.3, 0.4) is 0 Å². The lowest BCUT2D eigenvalue weighted by Crippen LogP contribution is -2.55. The molecule has 1 atom stereocenters. The van der Waals surface area contributed by atoms with Gasteiger partial charge in [0.2, 0.25) is 21.8 Å². The van der Waals surface area contributed by atoms with Crippen molar-refractivity contribution in [2.75, 3.05) is 36.4 Å². The van der Waals surface area contributed by atoms with Crippen LogP contribution in [0, 0.1) is 0 Å². The molecule has 192 valence electrons. The number of fused-ring (bicyclic) bond motifs is 1. The molecule has 9 nitrogen and oxygen atoms in total. The normalized spacial score (nSPS) is 16.6. The predicted octanol–water partition coefficient (Wildman–Crippen LogP) is 2.20. The average Bonchev–Trinajstić information content (AvgIpc) is 2.93. The van der Waals surface area contributed by atoms with Gasteiger partial charge in [0.15, 0.2) is 0 Å². The minimum atomic E-state index is -3.99. The molecule has 0 aliphatic carbocycles. The fourth-order valence-corrected chi connectivity index (χ4v) is 5.97. The lowest BCUT2D eigenvalue weighted by molar-refractivity contribution is -0.133. The summed E-state index contributed by atoms with van der Waals surface area (Å²) in [5.74, 6) is 0.524. The fraction of sp³-hybridized carbons (Fsp3) is 0.296. The van der Waals surface area contributed by atoms with Gasteiger partial charge in [0.25, 0.3) is 0 Å². The number of piperazine rings is 1. The monoisotopic (exact) mass is 519 g/mol. The molecule has 2 aromatic carbocycles. The highest BCUT2D eigenvalue weighted by Crippen LogP contribution is 2.26. The van der Waals surface area contributed by atoms with Gasteiger partial charge in [0.05, 0.1) is 4.90 Å². The van der Waals surface area contributed by atoms with Crippen LogP contribution in [0.25, 0.3) is 0 Å². The van der Waals surface area contributed by atoms with Crippen molar-refractivity contribution in [3.63, 3.8) is 0 Å². The first-order chi connectivity index (χ1) is 17.9. The standard InChI is InChI=1S/C27H29N5O4S/c33-26-12-9-21-19-22(10-11-23(21)29-26)37(35,36)30-24(18-20-6-2-1-3-7-20)27(34)32-16-14-31(15-17-32)25-8-4-5-13-28-25/h1-8,10-11,13,19,24,30H,9,12,14-18H2,(H,29,33)/t24-/m1/s1. The average molecular weight is 520 g/mol. The zero-order valence-electron chi connectivity index (χ0n) is 20.3. The molecule has 10 heteroatoms. The summed E-state index contributed by atoms with van der Waals surface area (Å²) in [6.07, 6.45) is 2.76. The third-order valence-corrected chi connectivity index (χ3v) is 8.19. The molecule has 2 aliphatic rings. The Hall–Kier alpha value is -3.76. The number of pyridine rings is 1. The minimum Gasteiger partial charge on any atom is -0.353 e. The summed E-state index contributed by atoms with van der Waals surface area (Å²) in [5, 5.41) is 2.77. The molecule has 0 saturated carbocycles. The van der Waals surface area contributed by atoms with Crippen molar-refractivity contribution in [2.45, 2.75) is 30.2 Å². The van der Waals surface area contributed by atoms with Gasteiger partial charge in [-0.15, -0.1) is 0 Å². The molecular formula is C27H29N5O4S. The predicted molar refractivity (Wildman–Crippen MR) is 141 cm³/mol. The topological polar surface area (TPSA) is 112 Å². The van der Waals surface area contributed by atoms with Crippen LogP contribution in [0.1, 0.15) is 17.5 Å². The summed E-state index contributed by atoms with van der Waals surface area (Å²) in [6.45, 7) is 2.18. The van der Waals surface area contributed by atoms with Crippen molar-refractivity contribution in [3.05, 3.63) is 84.1 Å². The number of sulfonamides is 1. The summed E-state index contributed by atoms with van der Waals surface area (Å²) in [7, 11) is -3.99. The Labute approximate surface area is 216 Å². The molecular weight excluding hydrogens is 490 g/mol. The molecule has 0 unspecified atom stereocenters. The van der Waals surface area contributed by atoms with Crippen molar-refractivity contribution in [2.24, 2.45) is 0 Å². The minimum absolute atomic E-state index is 0.0771. The quantitative estimate of drug-likeness (QED) is 0.495. The van der Waals surface area contributed by atoms with E-state index in [0.29, 0.717) is 44.7 Å². The Balaban J connectivity index is 1.34. The SMILES string of the molecule is O=C1CCc2cc(S(=O)(=O)N[C@H](Cc3ccccc3)C(=O)N3CCN(c4ccccn4)CC3)ccc2N1. The van der Waals surface area contributed by atoms with Crippen LogP contribution in [0.2, 0.25) is 0 Å². The van der Waals surface area contributed by atoms with Crippen LogP contribution in [0.5, 0.6) is 0 Å². The molecule has 1 fully saturated rings. The third kappa shape index (κ3) is 5.81. The molecule has 0 bridgehead atoms. The van der Waals surface area contributed by atoms with Gasteiger partial charge < -0.3 is 15.1 Å². The van der Waals surface area contributed by atoms with E-state index in [0.717, 1.165) is 16.9 Å². The molecule has 2 aliphatic heterocycles. The van der Waals surface area contributed by atoms with E-state index in [1.807, 2.05) is 48.5 Å². The third-order valence-electron chi connectivity index (χ3n) is 6.73. The Bertz CT molecular complexity index is 1370. The number of nitrogens with zero attached hydrogens (tertiary/aromatic N) is 3. The van der Waals surface area contributed by atoms with Crippen LogP contribution in [-0.4, -0.2) is 62.3 Å². The van der Waals surface area contributed by atoms with Gasteiger partial charge in [-0.1, -0.05) is 36.4 Å². The number of rotatable bonds is 7. The van der Waals surface area contributed by atoms with Crippen LogP contribution in [-0.2, 0) is 32.5 Å². The van der Waals surface area contributed by atoms with E-state index >= 15 is 0 Å². The highest BCUT2D eigenvalue weighted by atomic mass is 32.2. The number of hydrogen-bond acceptors (Lipinski definition) is 6. The first kappa shape index (κ1) is 24.9. The van der Waals surface area contributed by atoms with E-state index in [-0.39, 0.29) is 23.1 Å². The van der Waals surface area contributed by atoms with Crippen LogP contribution in [0.4, 0.5) is 11.5 Å². The molecule has 37 heavy (non-hydrogen) atoms. The van der Waals surface area contributed by atoms with E-state index in [1.165, 1.54) is 6.07 Å². The maximum Gasteiger partial charge on any atom is 0.241 e. The summed E-state index contributed by atoms with van der Waals surface area (Å²) in [5.41, 5.74) is 2.25. The zero-order chi connectivity index (χ0) is 25.8. The Kier molecular flexibility index (Phi) is 7.20. The molecule has 3 aromatic rings. The molecule has 1 saturated heterocycles. The van der Waals surface area contributed by atoms with Crippen molar-refractivity contribution in [1.82, 2.24) is 14.6 Å². The molecule has 0 spiro atoms. The highest BCUT2D eigenvalue weighted by Gasteiger charge is 2.32. The number of carbonyl (C=O) groups excluding carboxylic acids is 2. The van der Waals surface area contributed by atoms with Crippen molar-refractivity contribution in [1.29, 1.82) is 0 Å². The van der Waals surface area contributed by atoms with E-state index < -0.39 is 16.1 Å². The van der Waals surface area contributed by atoms with Gasteiger partial charge in [0.1, 0.15) is 11.9 Å². The second-order valence-corrected chi connectivity index (χ2v) is 10.9. The Morgan fingerprint density at radius 1 is 0.973 bits per heavy atom. The summed E-state index contributed by atoms with van der Waals surface area (Å²) < 4.78 is 29.5. The summed E-state index contributed by atoms with van der Waals surface area (Å²) in [6, 6.07) is 18.8. The number of benzene rings is 2. The molecule has 2 amide bonds. The van der Waals surface area contributed by atoms with E-state index in [9.17, 15) is 18.0 Å². The number of aryl methyl sites for hydroxylation is 1. The van der Waals surface area contributed by atoms with E-state index in [2.05, 4.69) is 19.9 Å². The number of hydrogen-bond donors (Lipinski definition) is 2. The Morgan fingerprint density at radius 3 is 2.46 bits per heavy atom. The lowest BCUT2D eigenvalue weighted by atomic mass is 10.0. The molecule has 3 heterocycles. The molecule has 0 radical (unpaired) electrons. The number of nitrogens with one attached hydrogen (secondary N) is 2. The maximum absolute atomic E-state index is 13.6. The first-order valence-electron chi connectivity index (χ1n) is 12.3. The first-order valence-corrected chi connectivity index (χ1v) is 13.8. The van der Waals surface area contributed by atoms with Crippen LogP contribution < -0.4 is 14.9 Å². The highest BCUT2D eigenvalue weighted by molar-refractivity contribution is 7.89. The van der Waals surface area contributed by atoms with Gasteiger partial charge >= 0.3 is 0 Å².